The summed E-state index contributed by atoms with van der Waals surface area (Å²) in [5, 5.41) is 11.3. The van der Waals surface area contributed by atoms with Crippen LogP contribution < -0.4 is 44.2 Å². The zero-order valence-corrected chi connectivity index (χ0v) is 38.4. The minimum atomic E-state index is -0.811. The number of nitrogens with one attached hydrogen (secondary N) is 4. The fourth-order valence-electron chi connectivity index (χ4n) is 7.50. The van der Waals surface area contributed by atoms with Gasteiger partial charge in [-0.1, -0.05) is 124 Å². The number of allylic oxidation sites excluding steroid dienone is 2. The number of benzene rings is 2. The van der Waals surface area contributed by atoms with Crippen molar-refractivity contribution in [1.82, 2.24) is 21.3 Å². The molecule has 0 unspecified atom stereocenters. The average molecular weight is 889 g/mol. The van der Waals surface area contributed by atoms with Crippen molar-refractivity contribution in [2.75, 3.05) is 13.1 Å². The van der Waals surface area contributed by atoms with Crippen LogP contribution in [0.25, 0.3) is 0 Å². The van der Waals surface area contributed by atoms with Crippen molar-refractivity contribution in [1.29, 1.82) is 0 Å². The second-order valence-electron chi connectivity index (χ2n) is 16.9. The van der Waals surface area contributed by atoms with Crippen molar-refractivity contribution in [3.8, 4) is 0 Å². The first-order valence-corrected chi connectivity index (χ1v) is 23.9. The quantitative estimate of drug-likeness (QED) is 0.0318. The molecule has 6 amide bonds. The minimum Gasteiger partial charge on any atom is -0.368 e. The van der Waals surface area contributed by atoms with E-state index in [1.54, 1.807) is 0 Å². The molecular formula is C50H80N8O6. The lowest BCUT2D eigenvalue weighted by atomic mass is 10.0. The van der Waals surface area contributed by atoms with Crippen LogP contribution in [0.2, 0.25) is 0 Å². The molecule has 2 aromatic carbocycles. The Morgan fingerprint density at radius 3 is 1.11 bits per heavy atom. The highest BCUT2D eigenvalue weighted by Gasteiger charge is 2.27. The van der Waals surface area contributed by atoms with Crippen LogP contribution in [-0.2, 0) is 41.6 Å². The van der Waals surface area contributed by atoms with E-state index in [1.165, 1.54) is 0 Å². The van der Waals surface area contributed by atoms with Gasteiger partial charge in [-0.2, -0.15) is 0 Å². The largest absolute Gasteiger partial charge is 0.368 e. The highest BCUT2D eigenvalue weighted by atomic mass is 16.2. The predicted molar refractivity (Wildman–Crippen MR) is 255 cm³/mol. The van der Waals surface area contributed by atoms with Gasteiger partial charge >= 0.3 is 0 Å². The number of unbranched alkanes of at least 4 members (excludes halogenated alkanes) is 14. The van der Waals surface area contributed by atoms with Gasteiger partial charge in [-0.05, 0) is 101 Å². The molecule has 0 heterocycles. The highest BCUT2D eigenvalue weighted by Crippen LogP contribution is 2.13. The molecule has 14 heteroatoms. The summed E-state index contributed by atoms with van der Waals surface area (Å²) in [5.41, 5.74) is 24.1. The fourth-order valence-corrected chi connectivity index (χ4v) is 7.50. The highest BCUT2D eigenvalue weighted by molar-refractivity contribution is 5.92. The van der Waals surface area contributed by atoms with Crippen LogP contribution in [-0.4, -0.2) is 72.7 Å². The van der Waals surface area contributed by atoms with Crippen molar-refractivity contribution in [2.45, 2.75) is 178 Å². The number of hydrogen-bond donors (Lipinski definition) is 8. The number of rotatable bonds is 38. The molecule has 0 aliphatic carbocycles. The third-order valence-electron chi connectivity index (χ3n) is 11.3. The summed E-state index contributed by atoms with van der Waals surface area (Å²) in [6.45, 7) is 0.988. The van der Waals surface area contributed by atoms with Gasteiger partial charge < -0.3 is 44.2 Å². The van der Waals surface area contributed by atoms with Gasteiger partial charge in [0.1, 0.15) is 24.2 Å². The number of primary amides is 2. The van der Waals surface area contributed by atoms with E-state index >= 15 is 0 Å². The third-order valence-corrected chi connectivity index (χ3v) is 11.3. The zero-order chi connectivity index (χ0) is 46.6. The number of carbonyl (C=O) groups is 6. The van der Waals surface area contributed by atoms with Crippen molar-refractivity contribution < 1.29 is 28.8 Å². The molecule has 0 saturated carbocycles. The second-order valence-corrected chi connectivity index (χ2v) is 16.9. The minimum absolute atomic E-state index is 0.180. The van der Waals surface area contributed by atoms with Gasteiger partial charge in [0.2, 0.25) is 35.4 Å². The van der Waals surface area contributed by atoms with Gasteiger partial charge in [0.25, 0.3) is 0 Å². The Labute approximate surface area is 382 Å². The van der Waals surface area contributed by atoms with E-state index < -0.39 is 47.8 Å². The first kappa shape index (κ1) is 55.1. The lowest BCUT2D eigenvalue weighted by molar-refractivity contribution is -0.131. The average Bonchev–Trinajstić information content (AvgIpc) is 3.28. The summed E-state index contributed by atoms with van der Waals surface area (Å²) in [4.78, 5) is 76.2. The molecule has 0 spiro atoms. The van der Waals surface area contributed by atoms with Crippen molar-refractivity contribution in [3.05, 3.63) is 83.9 Å². The first-order chi connectivity index (χ1) is 31.0. The van der Waals surface area contributed by atoms with Crippen molar-refractivity contribution in [2.24, 2.45) is 22.9 Å². The maximum Gasteiger partial charge on any atom is 0.243 e. The SMILES string of the molecule is NCCCC[C@H](NC(=O)[C@H](Cc1ccccc1)NC(=O)CCCCCCCC/C=C/CCCCCCCCC(=O)N[C@@H](Cc1ccccc1)C(=O)N[C@@H](CCCCN)C(N)=O)C(N)=O. The van der Waals surface area contributed by atoms with E-state index in [9.17, 15) is 28.8 Å². The Balaban J connectivity index is 1.56. The molecule has 0 saturated heterocycles. The Bertz CT molecular complexity index is 1520. The Morgan fingerprint density at radius 1 is 0.422 bits per heavy atom. The standard InChI is InChI=1S/C50H80N8O6/c51-35-25-23-31-41(47(53)61)57-49(63)43(37-39-27-17-15-18-28-39)55-45(59)33-21-13-11-9-7-5-3-1-2-4-6-8-10-12-14-22-34-46(60)56-44(38-40-29-19-16-20-30-40)50(64)58-42(48(54)62)32-24-26-36-52/h1-2,15-20,27-30,41-44H,3-14,21-26,31-38,51-52H2,(H2,53,61)(H2,54,62)(H,55,59)(H,56,60)(H,57,63)(H,58,64)/b2-1+/t41-,42-,43-,44-/m0/s1. The van der Waals surface area contributed by atoms with E-state index in [1.807, 2.05) is 60.7 Å². The molecule has 12 N–H and O–H groups in total. The second kappa shape index (κ2) is 35.3. The Hall–Kier alpha value is -5.08. The van der Waals surface area contributed by atoms with E-state index in [-0.39, 0.29) is 11.8 Å². The van der Waals surface area contributed by atoms with Crippen LogP contribution in [0.3, 0.4) is 0 Å². The smallest absolute Gasteiger partial charge is 0.243 e. The molecule has 0 bridgehead atoms. The van der Waals surface area contributed by atoms with Crippen LogP contribution in [0.1, 0.15) is 152 Å². The molecule has 0 fully saturated rings. The Kier molecular flexibility index (Phi) is 30.4. The van der Waals surface area contributed by atoms with Crippen LogP contribution in [0, 0.1) is 0 Å². The maximum atomic E-state index is 13.2. The maximum absolute atomic E-state index is 13.2. The number of hydrogen-bond acceptors (Lipinski definition) is 8. The summed E-state index contributed by atoms with van der Waals surface area (Å²) in [7, 11) is 0. The van der Waals surface area contributed by atoms with E-state index in [0.29, 0.717) is 64.5 Å². The lowest BCUT2D eigenvalue weighted by Gasteiger charge is -2.22. The zero-order valence-electron chi connectivity index (χ0n) is 38.4. The van der Waals surface area contributed by atoms with Crippen molar-refractivity contribution >= 4 is 35.4 Å². The summed E-state index contributed by atoms with van der Waals surface area (Å²) in [6.07, 6.45) is 23.9. The summed E-state index contributed by atoms with van der Waals surface area (Å²) in [6, 6.07) is 15.7. The van der Waals surface area contributed by atoms with Gasteiger partial charge in [0.05, 0.1) is 0 Å². The molecule has 0 radical (unpaired) electrons. The van der Waals surface area contributed by atoms with Gasteiger partial charge in [-0.3, -0.25) is 28.8 Å². The molecule has 356 valence electrons. The van der Waals surface area contributed by atoms with E-state index in [0.717, 1.165) is 114 Å². The number of carbonyl (C=O) groups excluding carboxylic acids is 6. The van der Waals surface area contributed by atoms with Gasteiger partial charge in [-0.15, -0.1) is 0 Å². The van der Waals surface area contributed by atoms with Gasteiger partial charge in [0.15, 0.2) is 0 Å². The molecule has 14 nitrogen and oxygen atoms in total. The summed E-state index contributed by atoms with van der Waals surface area (Å²) >= 11 is 0. The number of nitrogens with two attached hydrogens (primary N) is 4. The third kappa shape index (κ3) is 26.5. The predicted octanol–water partition coefficient (Wildman–Crippen LogP) is 5.44. The van der Waals surface area contributed by atoms with Gasteiger partial charge in [0, 0.05) is 25.7 Å². The van der Waals surface area contributed by atoms with Crippen LogP contribution in [0.5, 0.6) is 0 Å². The monoisotopic (exact) mass is 889 g/mol. The Morgan fingerprint density at radius 2 is 0.766 bits per heavy atom. The molecule has 0 aliphatic rings. The van der Waals surface area contributed by atoms with Gasteiger partial charge in [-0.25, -0.2) is 0 Å². The summed E-state index contributed by atoms with van der Waals surface area (Å²) in [5.74, 6) is -2.40. The molecule has 2 aromatic rings. The molecule has 4 atom stereocenters. The van der Waals surface area contributed by atoms with Crippen LogP contribution in [0.15, 0.2) is 72.8 Å². The topological polar surface area (TPSA) is 255 Å². The number of amides is 6. The van der Waals surface area contributed by atoms with Crippen LogP contribution in [0.4, 0.5) is 0 Å². The first-order valence-electron chi connectivity index (χ1n) is 23.9. The van der Waals surface area contributed by atoms with E-state index in [2.05, 4.69) is 33.4 Å². The molecule has 64 heavy (non-hydrogen) atoms. The van der Waals surface area contributed by atoms with Crippen molar-refractivity contribution in [3.63, 3.8) is 0 Å². The normalized spacial score (nSPS) is 13.1. The fraction of sp³-hybridized carbons (Fsp3) is 0.600. The molecule has 0 aliphatic heterocycles. The lowest BCUT2D eigenvalue weighted by Crippen LogP contribution is -2.53. The van der Waals surface area contributed by atoms with E-state index in [4.69, 9.17) is 22.9 Å². The molecular weight excluding hydrogens is 809 g/mol. The molecule has 2 rings (SSSR count). The van der Waals surface area contributed by atoms with Crippen LogP contribution >= 0.6 is 0 Å². The summed E-state index contributed by atoms with van der Waals surface area (Å²) < 4.78 is 0. The molecule has 0 aromatic heterocycles.